The summed E-state index contributed by atoms with van der Waals surface area (Å²) < 4.78 is 0. The van der Waals surface area contributed by atoms with E-state index in [-0.39, 0.29) is 0 Å². The third kappa shape index (κ3) is 2.99. The van der Waals surface area contributed by atoms with Gasteiger partial charge in [-0.05, 0) is 53.3 Å². The van der Waals surface area contributed by atoms with E-state index in [1.165, 1.54) is 5.56 Å². The highest BCUT2D eigenvalue weighted by Gasteiger charge is 2.20. The first-order chi connectivity index (χ1) is 8.68. The molecule has 2 nitrogen and oxygen atoms in total. The van der Waals surface area contributed by atoms with Gasteiger partial charge in [0, 0.05) is 0 Å². The number of carbonyl (C=O) groups is 1. The fraction of sp³-hybridized carbons (Fsp3) is 0.267. The molecule has 0 aliphatic rings. The Morgan fingerprint density at radius 1 is 1.33 bits per heavy atom. The van der Waals surface area contributed by atoms with Gasteiger partial charge >= 0.3 is 5.97 Å². The summed E-state index contributed by atoms with van der Waals surface area (Å²) in [4.78, 5) is 11.4. The van der Waals surface area contributed by atoms with Gasteiger partial charge in [-0.3, -0.25) is 4.79 Å². The molecule has 1 aromatic heterocycles. The minimum absolute atomic E-state index is 0.411. The van der Waals surface area contributed by atoms with E-state index in [1.54, 1.807) is 11.3 Å². The van der Waals surface area contributed by atoms with Crippen molar-refractivity contribution in [3.8, 4) is 0 Å². The van der Waals surface area contributed by atoms with Crippen LogP contribution < -0.4 is 0 Å². The predicted octanol–water partition coefficient (Wildman–Crippen LogP) is 3.86. The van der Waals surface area contributed by atoms with Crippen molar-refractivity contribution in [1.29, 1.82) is 0 Å². The minimum Gasteiger partial charge on any atom is -0.481 e. The average Bonchev–Trinajstić information content (AvgIpc) is 2.84. The van der Waals surface area contributed by atoms with Crippen LogP contribution in [0.15, 0.2) is 41.1 Å². The maximum atomic E-state index is 11.4. The predicted molar refractivity (Wildman–Crippen MR) is 74.2 cm³/mol. The van der Waals surface area contributed by atoms with Gasteiger partial charge in [-0.2, -0.15) is 11.3 Å². The molecule has 94 valence electrons. The first kappa shape index (κ1) is 12.8. The molecule has 0 spiro atoms. The average molecular weight is 260 g/mol. The summed E-state index contributed by atoms with van der Waals surface area (Å²) in [5, 5.41) is 13.5. The Morgan fingerprint density at radius 2 is 2.11 bits per heavy atom. The summed E-state index contributed by atoms with van der Waals surface area (Å²) in [6, 6.07) is 9.79. The second kappa shape index (κ2) is 5.83. The van der Waals surface area contributed by atoms with Crippen LogP contribution in [-0.2, 0) is 11.2 Å². The molecule has 0 saturated heterocycles. The minimum atomic E-state index is -0.737. The number of hydrogen-bond donors (Lipinski definition) is 1. The van der Waals surface area contributed by atoms with E-state index in [0.29, 0.717) is 6.42 Å². The number of carboxylic acid groups (broad SMARTS) is 1. The largest absolute Gasteiger partial charge is 0.481 e. The van der Waals surface area contributed by atoms with E-state index in [4.69, 9.17) is 0 Å². The van der Waals surface area contributed by atoms with Crippen molar-refractivity contribution in [1.82, 2.24) is 0 Å². The SMILES string of the molecule is Cc1ccccc1C(CCc1ccsc1)C(=O)O. The standard InChI is InChI=1S/C15H16O2S/c1-11-4-2-3-5-13(11)14(15(16)17)7-6-12-8-9-18-10-12/h2-5,8-10,14H,6-7H2,1H3,(H,16,17). The Hall–Kier alpha value is -1.61. The Kier molecular flexibility index (Phi) is 4.15. The van der Waals surface area contributed by atoms with Crippen molar-refractivity contribution in [3.63, 3.8) is 0 Å². The number of carboxylic acids is 1. The van der Waals surface area contributed by atoms with E-state index in [2.05, 4.69) is 11.4 Å². The smallest absolute Gasteiger partial charge is 0.310 e. The fourth-order valence-corrected chi connectivity index (χ4v) is 2.84. The van der Waals surface area contributed by atoms with Crippen LogP contribution in [0.2, 0.25) is 0 Å². The summed E-state index contributed by atoms with van der Waals surface area (Å²) in [6.07, 6.45) is 1.46. The summed E-state index contributed by atoms with van der Waals surface area (Å²) in [5.74, 6) is -1.15. The summed E-state index contributed by atoms with van der Waals surface area (Å²) >= 11 is 1.65. The van der Waals surface area contributed by atoms with E-state index in [1.807, 2.05) is 36.6 Å². The molecule has 18 heavy (non-hydrogen) atoms. The van der Waals surface area contributed by atoms with Crippen LogP contribution in [0, 0.1) is 6.92 Å². The molecule has 0 amide bonds. The lowest BCUT2D eigenvalue weighted by Gasteiger charge is -2.14. The van der Waals surface area contributed by atoms with Crippen molar-refractivity contribution in [2.24, 2.45) is 0 Å². The zero-order valence-electron chi connectivity index (χ0n) is 10.3. The van der Waals surface area contributed by atoms with Crippen molar-refractivity contribution in [3.05, 3.63) is 57.8 Å². The van der Waals surface area contributed by atoms with E-state index >= 15 is 0 Å². The van der Waals surface area contributed by atoms with Crippen LogP contribution in [0.5, 0.6) is 0 Å². The quantitative estimate of drug-likeness (QED) is 0.886. The highest BCUT2D eigenvalue weighted by molar-refractivity contribution is 7.07. The molecule has 2 aromatic rings. The molecule has 0 fully saturated rings. The van der Waals surface area contributed by atoms with E-state index < -0.39 is 11.9 Å². The Morgan fingerprint density at radius 3 is 2.72 bits per heavy atom. The van der Waals surface area contributed by atoms with Crippen LogP contribution in [0.25, 0.3) is 0 Å². The molecular weight excluding hydrogens is 244 g/mol. The van der Waals surface area contributed by atoms with Crippen LogP contribution in [0.4, 0.5) is 0 Å². The highest BCUT2D eigenvalue weighted by atomic mass is 32.1. The number of aryl methyl sites for hydroxylation is 2. The molecular formula is C15H16O2S. The molecule has 2 rings (SSSR count). The molecule has 0 saturated carbocycles. The summed E-state index contributed by atoms with van der Waals surface area (Å²) in [6.45, 7) is 1.97. The molecule has 1 unspecified atom stereocenters. The van der Waals surface area contributed by atoms with E-state index in [9.17, 15) is 9.90 Å². The van der Waals surface area contributed by atoms with Gasteiger partial charge < -0.3 is 5.11 Å². The lowest BCUT2D eigenvalue weighted by atomic mass is 9.90. The van der Waals surface area contributed by atoms with Gasteiger partial charge in [-0.25, -0.2) is 0 Å². The van der Waals surface area contributed by atoms with Gasteiger partial charge in [-0.1, -0.05) is 24.3 Å². The van der Waals surface area contributed by atoms with Crippen LogP contribution in [0.1, 0.15) is 29.0 Å². The Labute approximate surface area is 111 Å². The summed E-state index contributed by atoms with van der Waals surface area (Å²) in [7, 11) is 0. The molecule has 3 heteroatoms. The first-order valence-corrected chi connectivity index (χ1v) is 6.92. The highest BCUT2D eigenvalue weighted by Crippen LogP contribution is 2.25. The lowest BCUT2D eigenvalue weighted by molar-refractivity contribution is -0.139. The van der Waals surface area contributed by atoms with Crippen molar-refractivity contribution < 1.29 is 9.90 Å². The molecule has 0 bridgehead atoms. The lowest BCUT2D eigenvalue weighted by Crippen LogP contribution is -2.13. The topological polar surface area (TPSA) is 37.3 Å². The number of thiophene rings is 1. The first-order valence-electron chi connectivity index (χ1n) is 5.98. The zero-order valence-corrected chi connectivity index (χ0v) is 11.1. The van der Waals surface area contributed by atoms with Gasteiger partial charge in [-0.15, -0.1) is 0 Å². The second-order valence-electron chi connectivity index (χ2n) is 4.42. The van der Waals surface area contributed by atoms with Gasteiger partial charge in [0.1, 0.15) is 0 Å². The molecule has 0 radical (unpaired) electrons. The number of benzene rings is 1. The van der Waals surface area contributed by atoms with Gasteiger partial charge in [0.25, 0.3) is 0 Å². The fourth-order valence-electron chi connectivity index (χ4n) is 2.14. The normalized spacial score (nSPS) is 12.3. The van der Waals surface area contributed by atoms with Crippen LogP contribution in [-0.4, -0.2) is 11.1 Å². The van der Waals surface area contributed by atoms with E-state index in [0.717, 1.165) is 17.5 Å². The second-order valence-corrected chi connectivity index (χ2v) is 5.20. The monoisotopic (exact) mass is 260 g/mol. The van der Waals surface area contributed by atoms with Crippen molar-refractivity contribution in [2.45, 2.75) is 25.7 Å². The number of aliphatic carboxylic acids is 1. The maximum absolute atomic E-state index is 11.4. The molecule has 1 aromatic carbocycles. The Balaban J connectivity index is 2.14. The third-order valence-electron chi connectivity index (χ3n) is 3.16. The van der Waals surface area contributed by atoms with Crippen LogP contribution >= 0.6 is 11.3 Å². The third-order valence-corrected chi connectivity index (χ3v) is 3.90. The molecule has 1 heterocycles. The summed E-state index contributed by atoms with van der Waals surface area (Å²) in [5.41, 5.74) is 3.20. The number of hydrogen-bond acceptors (Lipinski definition) is 2. The number of rotatable bonds is 5. The molecule has 1 atom stereocenters. The van der Waals surface area contributed by atoms with Crippen LogP contribution in [0.3, 0.4) is 0 Å². The van der Waals surface area contributed by atoms with Gasteiger partial charge in [0.15, 0.2) is 0 Å². The van der Waals surface area contributed by atoms with Crippen molar-refractivity contribution in [2.75, 3.05) is 0 Å². The molecule has 0 aliphatic heterocycles. The molecule has 1 N–H and O–H groups in total. The maximum Gasteiger partial charge on any atom is 0.310 e. The van der Waals surface area contributed by atoms with Crippen molar-refractivity contribution >= 4 is 17.3 Å². The van der Waals surface area contributed by atoms with Gasteiger partial charge in [0.05, 0.1) is 5.92 Å². The van der Waals surface area contributed by atoms with Gasteiger partial charge in [0.2, 0.25) is 0 Å². The molecule has 0 aliphatic carbocycles. The zero-order chi connectivity index (χ0) is 13.0. The Bertz CT molecular complexity index is 517.